The third kappa shape index (κ3) is 4.67. The molecule has 1 rings (SSSR count). The van der Waals surface area contributed by atoms with E-state index < -0.39 is 12.0 Å². The average molecular weight is 328 g/mol. The van der Waals surface area contributed by atoms with Gasteiger partial charge >= 0.3 is 5.97 Å². The summed E-state index contributed by atoms with van der Waals surface area (Å²) in [5, 5.41) is 11.7. The molecule has 0 bridgehead atoms. The molecule has 0 aromatic heterocycles. The number of amides is 1. The third-order valence-electron chi connectivity index (χ3n) is 2.73. The van der Waals surface area contributed by atoms with Crippen molar-refractivity contribution in [1.82, 2.24) is 5.32 Å². The summed E-state index contributed by atoms with van der Waals surface area (Å²) in [7, 11) is 0. The fraction of sp³-hybridized carbons (Fsp3) is 0.429. The summed E-state index contributed by atoms with van der Waals surface area (Å²) in [6, 6.07) is 4.33. The summed E-state index contributed by atoms with van der Waals surface area (Å²) in [6.45, 7) is 5.72. The van der Waals surface area contributed by atoms with Crippen molar-refractivity contribution < 1.29 is 14.7 Å². The summed E-state index contributed by atoms with van der Waals surface area (Å²) in [4.78, 5) is 23.1. The number of rotatable bonds is 5. The van der Waals surface area contributed by atoms with Crippen molar-refractivity contribution in [3.8, 4) is 0 Å². The molecule has 0 unspecified atom stereocenters. The van der Waals surface area contributed by atoms with Gasteiger partial charge in [0.15, 0.2) is 0 Å². The molecule has 0 fully saturated rings. The lowest BCUT2D eigenvalue weighted by molar-refractivity contribution is -0.139. The van der Waals surface area contributed by atoms with Crippen LogP contribution >= 0.6 is 15.9 Å². The van der Waals surface area contributed by atoms with Gasteiger partial charge in [0.1, 0.15) is 6.04 Å². The molecule has 4 nitrogen and oxygen atoms in total. The second-order valence-corrected chi connectivity index (χ2v) is 5.81. The third-order valence-corrected chi connectivity index (χ3v) is 3.62. The number of benzene rings is 1. The molecule has 1 aromatic rings. The maximum atomic E-state index is 12.0. The van der Waals surface area contributed by atoms with Crippen LogP contribution < -0.4 is 5.32 Å². The lowest BCUT2D eigenvalue weighted by atomic mass is 10.0. The first-order valence-corrected chi connectivity index (χ1v) is 6.90. The monoisotopic (exact) mass is 327 g/mol. The Morgan fingerprint density at radius 3 is 2.47 bits per heavy atom. The van der Waals surface area contributed by atoms with Crippen LogP contribution in [0.1, 0.15) is 36.2 Å². The molecule has 0 saturated carbocycles. The first kappa shape index (κ1) is 15.7. The Kier molecular flexibility index (Phi) is 5.54. The van der Waals surface area contributed by atoms with Gasteiger partial charge in [-0.25, -0.2) is 4.79 Å². The Labute approximate surface area is 121 Å². The number of nitrogens with one attached hydrogen (secondary N) is 1. The van der Waals surface area contributed by atoms with Crippen LogP contribution in [-0.4, -0.2) is 23.0 Å². The maximum absolute atomic E-state index is 12.0. The highest BCUT2D eigenvalue weighted by Crippen LogP contribution is 2.17. The number of hydrogen-bond donors (Lipinski definition) is 2. The van der Waals surface area contributed by atoms with Gasteiger partial charge in [-0.05, 0) is 43.0 Å². The number of carboxylic acid groups (broad SMARTS) is 1. The van der Waals surface area contributed by atoms with Gasteiger partial charge in [-0.15, -0.1) is 0 Å². The molecule has 1 aromatic carbocycles. The summed E-state index contributed by atoms with van der Waals surface area (Å²) in [5.41, 5.74) is 1.40. The van der Waals surface area contributed by atoms with Crippen LogP contribution in [0.5, 0.6) is 0 Å². The molecular weight excluding hydrogens is 310 g/mol. The molecule has 0 radical (unpaired) electrons. The van der Waals surface area contributed by atoms with Crippen molar-refractivity contribution in [2.45, 2.75) is 33.2 Å². The molecule has 0 saturated heterocycles. The zero-order valence-corrected chi connectivity index (χ0v) is 12.8. The first-order valence-electron chi connectivity index (χ1n) is 6.11. The van der Waals surface area contributed by atoms with Gasteiger partial charge in [0.2, 0.25) is 0 Å². The normalized spacial score (nSPS) is 12.3. The minimum Gasteiger partial charge on any atom is -0.480 e. The van der Waals surface area contributed by atoms with Crippen LogP contribution in [0.3, 0.4) is 0 Å². The fourth-order valence-corrected chi connectivity index (χ4v) is 1.97. The zero-order chi connectivity index (χ0) is 14.6. The number of carbonyl (C=O) groups excluding carboxylic acids is 1. The number of aryl methyl sites for hydroxylation is 1. The highest BCUT2D eigenvalue weighted by molar-refractivity contribution is 9.10. The van der Waals surface area contributed by atoms with Crippen molar-refractivity contribution in [1.29, 1.82) is 0 Å². The molecule has 0 aliphatic heterocycles. The molecule has 1 atom stereocenters. The van der Waals surface area contributed by atoms with E-state index in [1.54, 1.807) is 18.2 Å². The van der Waals surface area contributed by atoms with Gasteiger partial charge in [0, 0.05) is 10.0 Å². The molecule has 5 heteroatoms. The minimum absolute atomic E-state index is 0.202. The van der Waals surface area contributed by atoms with Gasteiger partial charge in [-0.3, -0.25) is 4.79 Å². The standard InChI is InChI=1S/C14H18BrNO3/c1-8(2)6-12(14(18)19)16-13(17)10-4-5-11(15)9(3)7-10/h4-5,7-8,12H,6H2,1-3H3,(H,16,17)(H,18,19)/t12-/m0/s1. The molecule has 2 N–H and O–H groups in total. The van der Waals surface area contributed by atoms with Crippen molar-refractivity contribution >= 4 is 27.8 Å². The number of carbonyl (C=O) groups is 2. The molecule has 0 heterocycles. The number of aliphatic carboxylic acids is 1. The fourth-order valence-electron chi connectivity index (χ4n) is 1.72. The Balaban J connectivity index is 2.81. The van der Waals surface area contributed by atoms with Crippen molar-refractivity contribution in [2.24, 2.45) is 5.92 Å². The van der Waals surface area contributed by atoms with E-state index in [0.717, 1.165) is 10.0 Å². The van der Waals surface area contributed by atoms with Crippen LogP contribution in [0.15, 0.2) is 22.7 Å². The van der Waals surface area contributed by atoms with Crippen molar-refractivity contribution in [2.75, 3.05) is 0 Å². The lowest BCUT2D eigenvalue weighted by Crippen LogP contribution is -2.41. The van der Waals surface area contributed by atoms with E-state index in [4.69, 9.17) is 5.11 Å². The highest BCUT2D eigenvalue weighted by atomic mass is 79.9. The van der Waals surface area contributed by atoms with Crippen LogP contribution in [0, 0.1) is 12.8 Å². The van der Waals surface area contributed by atoms with E-state index in [1.807, 2.05) is 20.8 Å². The van der Waals surface area contributed by atoms with E-state index in [-0.39, 0.29) is 11.8 Å². The number of carboxylic acids is 1. The molecular formula is C14H18BrNO3. The van der Waals surface area contributed by atoms with Crippen LogP contribution in [0.4, 0.5) is 0 Å². The average Bonchev–Trinajstić information content (AvgIpc) is 2.31. The van der Waals surface area contributed by atoms with Crippen molar-refractivity contribution in [3.63, 3.8) is 0 Å². The highest BCUT2D eigenvalue weighted by Gasteiger charge is 2.21. The first-order chi connectivity index (χ1) is 8.81. The van der Waals surface area contributed by atoms with Gasteiger partial charge in [0.05, 0.1) is 0 Å². The second kappa shape index (κ2) is 6.70. The smallest absolute Gasteiger partial charge is 0.326 e. The Morgan fingerprint density at radius 1 is 1.37 bits per heavy atom. The van der Waals surface area contributed by atoms with Gasteiger partial charge in [0.25, 0.3) is 5.91 Å². The van der Waals surface area contributed by atoms with E-state index in [2.05, 4.69) is 21.2 Å². The predicted molar refractivity (Wildman–Crippen MR) is 77.2 cm³/mol. The maximum Gasteiger partial charge on any atom is 0.326 e. The Morgan fingerprint density at radius 2 is 2.00 bits per heavy atom. The van der Waals surface area contributed by atoms with E-state index in [9.17, 15) is 9.59 Å². The van der Waals surface area contributed by atoms with Gasteiger partial charge in [-0.1, -0.05) is 29.8 Å². The predicted octanol–water partition coefficient (Wildman–Crippen LogP) is 2.99. The number of halogens is 1. The minimum atomic E-state index is -1.00. The topological polar surface area (TPSA) is 66.4 Å². The van der Waals surface area contributed by atoms with Crippen molar-refractivity contribution in [3.05, 3.63) is 33.8 Å². The molecule has 0 aliphatic rings. The molecule has 19 heavy (non-hydrogen) atoms. The Hall–Kier alpha value is -1.36. The summed E-state index contributed by atoms with van der Waals surface area (Å²) >= 11 is 3.36. The second-order valence-electron chi connectivity index (χ2n) is 4.96. The summed E-state index contributed by atoms with van der Waals surface area (Å²) in [6.07, 6.45) is 0.413. The largest absolute Gasteiger partial charge is 0.480 e. The van der Waals surface area contributed by atoms with Gasteiger partial charge < -0.3 is 10.4 Å². The summed E-state index contributed by atoms with van der Waals surface area (Å²) in [5.74, 6) is -1.16. The number of hydrogen-bond acceptors (Lipinski definition) is 2. The SMILES string of the molecule is Cc1cc(C(=O)N[C@@H](CC(C)C)C(=O)O)ccc1Br. The molecule has 0 spiro atoms. The van der Waals surface area contributed by atoms with Crippen LogP contribution in [-0.2, 0) is 4.79 Å². The van der Waals surface area contributed by atoms with Crippen LogP contribution in [0.25, 0.3) is 0 Å². The molecule has 0 aliphatic carbocycles. The molecule has 1 amide bonds. The van der Waals surface area contributed by atoms with E-state index >= 15 is 0 Å². The summed E-state index contributed by atoms with van der Waals surface area (Å²) < 4.78 is 0.918. The Bertz CT molecular complexity index is 486. The molecule has 104 valence electrons. The van der Waals surface area contributed by atoms with Gasteiger partial charge in [-0.2, -0.15) is 0 Å². The lowest BCUT2D eigenvalue weighted by Gasteiger charge is -2.16. The van der Waals surface area contributed by atoms with E-state index in [0.29, 0.717) is 12.0 Å². The zero-order valence-electron chi connectivity index (χ0n) is 11.2. The quantitative estimate of drug-likeness (QED) is 0.873. The van der Waals surface area contributed by atoms with Crippen LogP contribution in [0.2, 0.25) is 0 Å². The van der Waals surface area contributed by atoms with E-state index in [1.165, 1.54) is 0 Å².